The van der Waals surface area contributed by atoms with Crippen LogP contribution in [-0.2, 0) is 16.4 Å². The lowest BCUT2D eigenvalue weighted by Crippen LogP contribution is -2.29. The second-order valence-electron chi connectivity index (χ2n) is 5.48. The lowest BCUT2D eigenvalue weighted by molar-refractivity contribution is 0.591. The van der Waals surface area contributed by atoms with Gasteiger partial charge in [-0.2, -0.15) is 0 Å². The van der Waals surface area contributed by atoms with Crippen LogP contribution in [0, 0.1) is 13.8 Å². The Morgan fingerprint density at radius 1 is 1.10 bits per heavy atom. The first-order chi connectivity index (χ1) is 9.89. The monoisotopic (exact) mass is 302 g/mol. The molecule has 5 heteroatoms. The molecule has 0 aromatic heterocycles. The predicted octanol–water partition coefficient (Wildman–Crippen LogP) is 2.64. The Kier molecular flexibility index (Phi) is 3.17. The van der Waals surface area contributed by atoms with Crippen LogP contribution in [0.15, 0.2) is 41.3 Å². The first-order valence-electron chi connectivity index (χ1n) is 6.88. The van der Waals surface area contributed by atoms with Crippen LogP contribution in [0.4, 0.5) is 11.4 Å². The summed E-state index contributed by atoms with van der Waals surface area (Å²) < 4.78 is 27.4. The maximum atomic E-state index is 12.9. The van der Waals surface area contributed by atoms with Crippen LogP contribution in [0.5, 0.6) is 0 Å². The van der Waals surface area contributed by atoms with Gasteiger partial charge in [0, 0.05) is 12.2 Å². The Labute approximate surface area is 125 Å². The average molecular weight is 302 g/mol. The summed E-state index contributed by atoms with van der Waals surface area (Å²) in [5.74, 6) is 0. The molecule has 0 bridgehead atoms. The highest BCUT2D eigenvalue weighted by atomic mass is 32.2. The highest BCUT2D eigenvalue weighted by Crippen LogP contribution is 2.34. The van der Waals surface area contributed by atoms with Gasteiger partial charge in [-0.1, -0.05) is 12.1 Å². The molecule has 3 rings (SSSR count). The lowest BCUT2D eigenvalue weighted by Gasteiger charge is -2.21. The van der Waals surface area contributed by atoms with E-state index in [0.717, 1.165) is 22.4 Å². The quantitative estimate of drug-likeness (QED) is 0.867. The van der Waals surface area contributed by atoms with E-state index in [1.807, 2.05) is 32.0 Å². The highest BCUT2D eigenvalue weighted by Gasteiger charge is 2.31. The molecular formula is C16H18N2O2S. The molecule has 110 valence electrons. The van der Waals surface area contributed by atoms with E-state index in [9.17, 15) is 8.42 Å². The van der Waals surface area contributed by atoms with Gasteiger partial charge in [-0.15, -0.1) is 0 Å². The van der Waals surface area contributed by atoms with E-state index in [4.69, 9.17) is 5.73 Å². The third-order valence-electron chi connectivity index (χ3n) is 3.87. The molecule has 1 aliphatic rings. The van der Waals surface area contributed by atoms with Gasteiger partial charge in [-0.3, -0.25) is 4.31 Å². The van der Waals surface area contributed by atoms with E-state index in [-0.39, 0.29) is 0 Å². The van der Waals surface area contributed by atoms with E-state index in [2.05, 4.69) is 0 Å². The van der Waals surface area contributed by atoms with Crippen LogP contribution in [0.1, 0.15) is 16.7 Å². The van der Waals surface area contributed by atoms with Crippen molar-refractivity contribution in [1.29, 1.82) is 0 Å². The molecule has 0 spiro atoms. The number of rotatable bonds is 2. The fourth-order valence-electron chi connectivity index (χ4n) is 2.75. The zero-order valence-corrected chi connectivity index (χ0v) is 12.9. The van der Waals surface area contributed by atoms with Gasteiger partial charge in [0.1, 0.15) is 0 Å². The molecule has 2 aromatic rings. The summed E-state index contributed by atoms with van der Waals surface area (Å²) in [7, 11) is -3.53. The molecule has 1 aliphatic heterocycles. The number of nitrogens with zero attached hydrogens (tertiary/aromatic N) is 1. The van der Waals surface area contributed by atoms with Crippen LogP contribution in [-0.4, -0.2) is 15.0 Å². The minimum Gasteiger partial charge on any atom is -0.399 e. The zero-order valence-electron chi connectivity index (χ0n) is 12.1. The summed E-state index contributed by atoms with van der Waals surface area (Å²) in [6.45, 7) is 4.19. The summed E-state index contributed by atoms with van der Waals surface area (Å²) in [6, 6.07) is 10.9. The molecule has 2 aromatic carbocycles. The Morgan fingerprint density at radius 3 is 2.62 bits per heavy atom. The molecule has 0 saturated carbocycles. The van der Waals surface area contributed by atoms with Gasteiger partial charge in [-0.25, -0.2) is 8.42 Å². The molecule has 21 heavy (non-hydrogen) atoms. The standard InChI is InChI=1S/C16H18N2O2S/c1-11-3-4-12(2)16(9-11)21(19,20)18-8-7-13-10-14(17)5-6-15(13)18/h3-6,9-10H,7-8,17H2,1-2H3. The second kappa shape index (κ2) is 4.77. The molecule has 1 heterocycles. The van der Waals surface area contributed by atoms with Crippen molar-refractivity contribution < 1.29 is 8.42 Å². The van der Waals surface area contributed by atoms with Gasteiger partial charge in [-0.05, 0) is 61.2 Å². The van der Waals surface area contributed by atoms with Crippen molar-refractivity contribution in [1.82, 2.24) is 0 Å². The molecule has 0 atom stereocenters. The molecule has 0 radical (unpaired) electrons. The fraction of sp³-hybridized carbons (Fsp3) is 0.250. The highest BCUT2D eigenvalue weighted by molar-refractivity contribution is 7.93. The lowest BCUT2D eigenvalue weighted by atomic mass is 10.1. The molecule has 4 nitrogen and oxygen atoms in total. The van der Waals surface area contributed by atoms with Crippen molar-refractivity contribution >= 4 is 21.4 Å². The Hall–Kier alpha value is -2.01. The topological polar surface area (TPSA) is 63.4 Å². The molecule has 0 aliphatic carbocycles. The summed E-state index contributed by atoms with van der Waals surface area (Å²) >= 11 is 0. The van der Waals surface area contributed by atoms with Gasteiger partial charge < -0.3 is 5.73 Å². The Bertz CT molecular complexity index is 813. The van der Waals surface area contributed by atoms with Crippen molar-refractivity contribution in [3.05, 3.63) is 53.1 Å². The van der Waals surface area contributed by atoms with Crippen LogP contribution in [0.25, 0.3) is 0 Å². The number of hydrogen-bond donors (Lipinski definition) is 1. The number of aryl methyl sites for hydroxylation is 2. The minimum absolute atomic E-state index is 0.382. The zero-order chi connectivity index (χ0) is 15.2. The van der Waals surface area contributed by atoms with E-state index < -0.39 is 10.0 Å². The third-order valence-corrected chi connectivity index (χ3v) is 5.82. The van der Waals surface area contributed by atoms with Gasteiger partial charge >= 0.3 is 0 Å². The number of benzene rings is 2. The molecule has 2 N–H and O–H groups in total. The molecule has 0 saturated heterocycles. The number of sulfonamides is 1. The second-order valence-corrected chi connectivity index (χ2v) is 7.32. The number of fused-ring (bicyclic) bond motifs is 1. The summed E-state index contributed by atoms with van der Waals surface area (Å²) in [5, 5.41) is 0. The molecule has 0 unspecified atom stereocenters. The van der Waals surface area contributed by atoms with E-state index in [1.165, 1.54) is 4.31 Å². The van der Waals surface area contributed by atoms with Gasteiger partial charge in [0.2, 0.25) is 0 Å². The van der Waals surface area contributed by atoms with Crippen molar-refractivity contribution in [3.63, 3.8) is 0 Å². The summed E-state index contributed by atoms with van der Waals surface area (Å²) in [4.78, 5) is 0.382. The minimum atomic E-state index is -3.53. The van der Waals surface area contributed by atoms with E-state index in [1.54, 1.807) is 18.2 Å². The number of anilines is 2. The predicted molar refractivity (Wildman–Crippen MR) is 85.0 cm³/mol. The largest absolute Gasteiger partial charge is 0.399 e. The maximum Gasteiger partial charge on any atom is 0.264 e. The smallest absolute Gasteiger partial charge is 0.264 e. The number of nitrogen functional groups attached to an aromatic ring is 1. The SMILES string of the molecule is Cc1ccc(C)c(S(=O)(=O)N2CCc3cc(N)ccc32)c1. The Morgan fingerprint density at radius 2 is 1.86 bits per heavy atom. The first-order valence-corrected chi connectivity index (χ1v) is 8.32. The first kappa shape index (κ1) is 13.9. The summed E-state index contributed by atoms with van der Waals surface area (Å²) in [5.41, 5.74) is 9.88. The maximum absolute atomic E-state index is 12.9. The number of nitrogens with two attached hydrogens (primary N) is 1. The molecule has 0 amide bonds. The number of hydrogen-bond acceptors (Lipinski definition) is 3. The van der Waals surface area contributed by atoms with Crippen LogP contribution < -0.4 is 10.0 Å². The van der Waals surface area contributed by atoms with Crippen molar-refractivity contribution in [2.24, 2.45) is 0 Å². The fourth-order valence-corrected chi connectivity index (χ4v) is 4.56. The van der Waals surface area contributed by atoms with Gasteiger partial charge in [0.05, 0.1) is 10.6 Å². The van der Waals surface area contributed by atoms with Crippen LogP contribution in [0.2, 0.25) is 0 Å². The van der Waals surface area contributed by atoms with Gasteiger partial charge in [0.25, 0.3) is 10.0 Å². The van der Waals surface area contributed by atoms with Crippen LogP contribution >= 0.6 is 0 Å². The van der Waals surface area contributed by atoms with E-state index >= 15 is 0 Å². The Balaban J connectivity index is 2.11. The molecule has 0 fully saturated rings. The average Bonchev–Trinajstić information content (AvgIpc) is 2.84. The van der Waals surface area contributed by atoms with Crippen molar-refractivity contribution in [2.45, 2.75) is 25.2 Å². The van der Waals surface area contributed by atoms with Crippen molar-refractivity contribution in [2.75, 3.05) is 16.6 Å². The normalized spacial score (nSPS) is 14.3. The van der Waals surface area contributed by atoms with Crippen LogP contribution in [0.3, 0.4) is 0 Å². The van der Waals surface area contributed by atoms with E-state index in [0.29, 0.717) is 23.5 Å². The van der Waals surface area contributed by atoms with Crippen molar-refractivity contribution in [3.8, 4) is 0 Å². The molecular weight excluding hydrogens is 284 g/mol. The summed E-state index contributed by atoms with van der Waals surface area (Å²) in [6.07, 6.45) is 0.699. The third kappa shape index (κ3) is 2.27. The van der Waals surface area contributed by atoms with Gasteiger partial charge in [0.15, 0.2) is 0 Å².